The predicted octanol–water partition coefficient (Wildman–Crippen LogP) is 1.63. The van der Waals surface area contributed by atoms with Crippen molar-refractivity contribution in [1.82, 2.24) is 5.32 Å². The summed E-state index contributed by atoms with van der Waals surface area (Å²) in [6, 6.07) is 5.41. The Morgan fingerprint density at radius 1 is 1.35 bits per heavy atom. The zero-order chi connectivity index (χ0) is 14.8. The highest BCUT2D eigenvalue weighted by molar-refractivity contribution is 5.96. The van der Waals surface area contributed by atoms with E-state index in [1.54, 1.807) is 6.07 Å². The molecule has 1 heterocycles. The van der Waals surface area contributed by atoms with Crippen molar-refractivity contribution in [2.24, 2.45) is 0 Å². The molecule has 1 amide bonds. The van der Waals surface area contributed by atoms with Crippen LogP contribution in [0.25, 0.3) is 0 Å². The second kappa shape index (κ2) is 5.71. The first kappa shape index (κ1) is 14.7. The molecule has 0 aromatic heterocycles. The Balaban J connectivity index is 2.11. The van der Waals surface area contributed by atoms with Crippen molar-refractivity contribution in [2.45, 2.75) is 25.3 Å². The van der Waals surface area contributed by atoms with Gasteiger partial charge in [-0.25, -0.2) is 0 Å². The molecule has 0 saturated carbocycles. The zero-order valence-corrected chi connectivity index (χ0v) is 12.4. The van der Waals surface area contributed by atoms with E-state index in [1.807, 2.05) is 31.1 Å². The van der Waals surface area contributed by atoms with Gasteiger partial charge in [0.1, 0.15) is 0 Å². The molecule has 5 heteroatoms. The van der Waals surface area contributed by atoms with Gasteiger partial charge in [-0.05, 0) is 38.0 Å². The molecule has 5 nitrogen and oxygen atoms in total. The number of nitrogens with two attached hydrogens (primary N) is 1. The molecule has 110 valence electrons. The summed E-state index contributed by atoms with van der Waals surface area (Å²) in [5.41, 5.74) is 7.92. The monoisotopic (exact) mass is 277 g/mol. The highest BCUT2D eigenvalue weighted by Gasteiger charge is 2.29. The van der Waals surface area contributed by atoms with Crippen molar-refractivity contribution >= 4 is 17.3 Å². The molecule has 1 aliphatic rings. The smallest absolute Gasteiger partial charge is 0.251 e. The number of nitrogens with one attached hydrogen (secondary N) is 1. The molecule has 0 bridgehead atoms. The minimum absolute atomic E-state index is 0.0774. The lowest BCUT2D eigenvalue weighted by Crippen LogP contribution is -2.49. The molecule has 2 rings (SSSR count). The van der Waals surface area contributed by atoms with E-state index in [9.17, 15) is 4.79 Å². The number of carbonyl (C=O) groups is 1. The number of nitrogen functional groups attached to an aromatic ring is 1. The number of hydrogen-bond donors (Lipinski definition) is 2. The first-order chi connectivity index (χ1) is 9.41. The molecule has 0 spiro atoms. The first-order valence-corrected chi connectivity index (χ1v) is 6.88. The standard InChI is InChI=1S/C15H23N3O2/c1-15(6-8-20-9-7-15)17-14(19)11-4-5-13(18(2)3)12(16)10-11/h4-5,10H,6-9,16H2,1-3H3,(H,17,19). The van der Waals surface area contributed by atoms with Crippen molar-refractivity contribution < 1.29 is 9.53 Å². The normalized spacial score (nSPS) is 17.6. The summed E-state index contributed by atoms with van der Waals surface area (Å²) in [6.45, 7) is 3.45. The van der Waals surface area contributed by atoms with Gasteiger partial charge in [0.25, 0.3) is 5.91 Å². The molecule has 0 aliphatic carbocycles. The molecule has 1 fully saturated rings. The third kappa shape index (κ3) is 3.22. The lowest BCUT2D eigenvalue weighted by Gasteiger charge is -2.34. The van der Waals surface area contributed by atoms with Crippen molar-refractivity contribution in [3.8, 4) is 0 Å². The van der Waals surface area contributed by atoms with Gasteiger partial charge in [0, 0.05) is 38.4 Å². The van der Waals surface area contributed by atoms with Crippen molar-refractivity contribution in [2.75, 3.05) is 37.9 Å². The highest BCUT2D eigenvalue weighted by atomic mass is 16.5. The third-order valence-electron chi connectivity index (χ3n) is 3.78. The second-order valence-electron chi connectivity index (χ2n) is 5.80. The molecule has 3 N–H and O–H groups in total. The minimum atomic E-state index is -0.190. The van der Waals surface area contributed by atoms with Crippen LogP contribution in [0.1, 0.15) is 30.1 Å². The summed E-state index contributed by atoms with van der Waals surface area (Å²) in [6.07, 6.45) is 1.67. The van der Waals surface area contributed by atoms with Gasteiger partial charge in [0.05, 0.1) is 11.4 Å². The summed E-state index contributed by atoms with van der Waals surface area (Å²) < 4.78 is 5.34. The van der Waals surface area contributed by atoms with E-state index >= 15 is 0 Å². The maximum Gasteiger partial charge on any atom is 0.251 e. The van der Waals surface area contributed by atoms with E-state index < -0.39 is 0 Å². The van der Waals surface area contributed by atoms with Gasteiger partial charge in [-0.15, -0.1) is 0 Å². The molecular weight excluding hydrogens is 254 g/mol. The van der Waals surface area contributed by atoms with Crippen LogP contribution in [0, 0.1) is 0 Å². The van der Waals surface area contributed by atoms with Gasteiger partial charge in [0.2, 0.25) is 0 Å². The van der Waals surface area contributed by atoms with Crippen LogP contribution in [0.2, 0.25) is 0 Å². The summed E-state index contributed by atoms with van der Waals surface area (Å²) >= 11 is 0. The van der Waals surface area contributed by atoms with Gasteiger partial charge in [-0.1, -0.05) is 0 Å². The Bertz CT molecular complexity index is 494. The lowest BCUT2D eigenvalue weighted by atomic mass is 9.92. The second-order valence-corrected chi connectivity index (χ2v) is 5.80. The molecule has 1 saturated heterocycles. The van der Waals surface area contributed by atoms with Crippen LogP contribution in [0.5, 0.6) is 0 Å². The van der Waals surface area contributed by atoms with Crippen LogP contribution in [-0.2, 0) is 4.74 Å². The quantitative estimate of drug-likeness (QED) is 0.824. The van der Waals surface area contributed by atoms with Crippen LogP contribution in [-0.4, -0.2) is 38.8 Å². The molecule has 1 aromatic rings. The van der Waals surface area contributed by atoms with Gasteiger partial charge in [-0.3, -0.25) is 4.79 Å². The van der Waals surface area contributed by atoms with Crippen molar-refractivity contribution in [3.05, 3.63) is 23.8 Å². The number of nitrogens with zero attached hydrogens (tertiary/aromatic N) is 1. The minimum Gasteiger partial charge on any atom is -0.397 e. The van der Waals surface area contributed by atoms with E-state index in [4.69, 9.17) is 10.5 Å². The zero-order valence-electron chi connectivity index (χ0n) is 12.4. The Morgan fingerprint density at radius 2 is 2.00 bits per heavy atom. The topological polar surface area (TPSA) is 67.6 Å². The van der Waals surface area contributed by atoms with E-state index in [-0.39, 0.29) is 11.4 Å². The van der Waals surface area contributed by atoms with Crippen LogP contribution in [0.4, 0.5) is 11.4 Å². The average molecular weight is 277 g/mol. The molecule has 0 radical (unpaired) electrons. The Morgan fingerprint density at radius 3 is 2.55 bits per heavy atom. The summed E-state index contributed by atoms with van der Waals surface area (Å²) in [4.78, 5) is 14.3. The van der Waals surface area contributed by atoms with Gasteiger partial charge >= 0.3 is 0 Å². The highest BCUT2D eigenvalue weighted by Crippen LogP contribution is 2.24. The molecule has 0 unspecified atom stereocenters. The molecular formula is C15H23N3O2. The van der Waals surface area contributed by atoms with Gasteiger partial charge in [0.15, 0.2) is 0 Å². The Kier molecular flexibility index (Phi) is 4.18. The summed E-state index contributed by atoms with van der Waals surface area (Å²) in [5, 5.41) is 3.10. The first-order valence-electron chi connectivity index (χ1n) is 6.88. The van der Waals surface area contributed by atoms with E-state index in [0.29, 0.717) is 24.5 Å². The number of ether oxygens (including phenoxy) is 1. The van der Waals surface area contributed by atoms with Crippen LogP contribution in [0.15, 0.2) is 18.2 Å². The fraction of sp³-hybridized carbons (Fsp3) is 0.533. The molecule has 1 aromatic carbocycles. The third-order valence-corrected chi connectivity index (χ3v) is 3.78. The Labute approximate surface area is 120 Å². The number of benzene rings is 1. The molecule has 0 atom stereocenters. The van der Waals surface area contributed by atoms with Crippen molar-refractivity contribution in [1.29, 1.82) is 0 Å². The van der Waals surface area contributed by atoms with Gasteiger partial charge in [-0.2, -0.15) is 0 Å². The summed E-state index contributed by atoms with van der Waals surface area (Å²) in [5.74, 6) is -0.0774. The van der Waals surface area contributed by atoms with Gasteiger partial charge < -0.3 is 20.7 Å². The fourth-order valence-electron chi connectivity index (χ4n) is 2.40. The maximum atomic E-state index is 12.3. The van der Waals surface area contributed by atoms with Crippen LogP contribution >= 0.6 is 0 Å². The number of hydrogen-bond acceptors (Lipinski definition) is 4. The largest absolute Gasteiger partial charge is 0.397 e. The van der Waals surface area contributed by atoms with E-state index in [1.165, 1.54) is 0 Å². The lowest BCUT2D eigenvalue weighted by molar-refractivity contribution is 0.0423. The van der Waals surface area contributed by atoms with Crippen molar-refractivity contribution in [3.63, 3.8) is 0 Å². The SMILES string of the molecule is CN(C)c1ccc(C(=O)NC2(C)CCOCC2)cc1N. The average Bonchev–Trinajstić information content (AvgIpc) is 2.38. The molecule has 1 aliphatic heterocycles. The Hall–Kier alpha value is -1.75. The number of amides is 1. The fourth-order valence-corrected chi connectivity index (χ4v) is 2.40. The van der Waals surface area contributed by atoms with E-state index in [2.05, 4.69) is 12.2 Å². The summed E-state index contributed by atoms with van der Waals surface area (Å²) in [7, 11) is 3.85. The maximum absolute atomic E-state index is 12.3. The van der Waals surface area contributed by atoms with Crippen LogP contribution in [0.3, 0.4) is 0 Å². The number of anilines is 2. The predicted molar refractivity (Wildman–Crippen MR) is 81.1 cm³/mol. The van der Waals surface area contributed by atoms with E-state index in [0.717, 1.165) is 18.5 Å². The van der Waals surface area contributed by atoms with Crippen LogP contribution < -0.4 is 16.0 Å². The number of carbonyl (C=O) groups excluding carboxylic acids is 1. The number of rotatable bonds is 3. The molecule has 20 heavy (non-hydrogen) atoms.